The third-order valence-electron chi connectivity index (χ3n) is 5.07. The molecule has 1 aliphatic carbocycles. The zero-order valence-corrected chi connectivity index (χ0v) is 15.3. The van der Waals surface area contributed by atoms with E-state index in [-0.39, 0.29) is 24.5 Å². The third-order valence-corrected chi connectivity index (χ3v) is 5.07. The van der Waals surface area contributed by atoms with Gasteiger partial charge in [0.1, 0.15) is 11.9 Å². The van der Waals surface area contributed by atoms with Crippen molar-refractivity contribution in [3.05, 3.63) is 29.8 Å². The summed E-state index contributed by atoms with van der Waals surface area (Å²) in [6.45, 7) is 3.65. The highest BCUT2D eigenvalue weighted by molar-refractivity contribution is 5.94. The molecule has 1 aromatic carbocycles. The minimum Gasteiger partial charge on any atom is -0.490 e. The summed E-state index contributed by atoms with van der Waals surface area (Å²) in [6.07, 6.45) is 3.99. The number of nitrogens with zero attached hydrogens (tertiary/aromatic N) is 1. The van der Waals surface area contributed by atoms with Gasteiger partial charge in [0.15, 0.2) is 0 Å². The van der Waals surface area contributed by atoms with Crippen LogP contribution in [0.3, 0.4) is 0 Å². The fourth-order valence-electron chi connectivity index (χ4n) is 3.12. The van der Waals surface area contributed by atoms with Crippen molar-refractivity contribution in [2.24, 2.45) is 5.92 Å². The highest BCUT2D eigenvalue weighted by atomic mass is 16.5. The topological polar surface area (TPSA) is 78.9 Å². The van der Waals surface area contributed by atoms with Crippen LogP contribution in [0.4, 0.5) is 0 Å². The van der Waals surface area contributed by atoms with E-state index < -0.39 is 6.10 Å². The molecule has 1 saturated carbocycles. The molecule has 26 heavy (non-hydrogen) atoms. The van der Waals surface area contributed by atoms with E-state index >= 15 is 0 Å². The average Bonchev–Trinajstić information content (AvgIpc) is 3.51. The van der Waals surface area contributed by atoms with E-state index in [1.54, 1.807) is 24.3 Å². The molecule has 2 aliphatic rings. The number of hydrogen-bond acceptors (Lipinski definition) is 4. The lowest BCUT2D eigenvalue weighted by atomic mass is 10.1. The molecule has 0 radical (unpaired) electrons. The molecule has 1 unspecified atom stereocenters. The number of carbonyl (C=O) groups excluding carboxylic acids is 2. The van der Waals surface area contributed by atoms with E-state index in [1.165, 1.54) is 0 Å². The summed E-state index contributed by atoms with van der Waals surface area (Å²) in [5.74, 6) is 1.13. The summed E-state index contributed by atoms with van der Waals surface area (Å²) in [4.78, 5) is 26.1. The number of hydrogen-bond donors (Lipinski definition) is 2. The quantitative estimate of drug-likeness (QED) is 0.779. The lowest BCUT2D eigenvalue weighted by Gasteiger charge is -2.32. The van der Waals surface area contributed by atoms with Crippen LogP contribution in [-0.2, 0) is 4.79 Å². The first-order valence-electron chi connectivity index (χ1n) is 9.58. The van der Waals surface area contributed by atoms with Crippen LogP contribution in [0.25, 0.3) is 0 Å². The van der Waals surface area contributed by atoms with Gasteiger partial charge in [0.25, 0.3) is 5.91 Å². The van der Waals surface area contributed by atoms with Crippen molar-refractivity contribution in [3.8, 4) is 5.75 Å². The van der Waals surface area contributed by atoms with Crippen LogP contribution in [0.5, 0.6) is 5.75 Å². The number of likely N-dealkylation sites (tertiary alicyclic amines) is 1. The molecule has 3 rings (SSSR count). The van der Waals surface area contributed by atoms with Crippen LogP contribution in [0.15, 0.2) is 24.3 Å². The molecular weight excluding hydrogens is 332 g/mol. The molecule has 1 aromatic rings. The zero-order valence-electron chi connectivity index (χ0n) is 15.3. The SMILES string of the molecule is CCC(O)CNC(=O)c1ccc(OC2CCN(C(=O)C3CC3)CC2)cc1. The number of ether oxygens (including phenoxy) is 1. The van der Waals surface area contributed by atoms with E-state index in [0.29, 0.717) is 17.9 Å². The van der Waals surface area contributed by atoms with Crippen LogP contribution in [0.2, 0.25) is 0 Å². The second kappa shape index (κ2) is 8.54. The molecule has 0 bridgehead atoms. The third kappa shape index (κ3) is 4.97. The summed E-state index contributed by atoms with van der Waals surface area (Å²) >= 11 is 0. The summed E-state index contributed by atoms with van der Waals surface area (Å²) in [5.41, 5.74) is 0.547. The second-order valence-corrected chi connectivity index (χ2v) is 7.21. The smallest absolute Gasteiger partial charge is 0.251 e. The number of carbonyl (C=O) groups is 2. The van der Waals surface area contributed by atoms with Gasteiger partial charge in [-0.05, 0) is 43.5 Å². The van der Waals surface area contributed by atoms with Gasteiger partial charge in [0.05, 0.1) is 6.10 Å². The molecule has 2 N–H and O–H groups in total. The van der Waals surface area contributed by atoms with Crippen molar-refractivity contribution in [2.75, 3.05) is 19.6 Å². The second-order valence-electron chi connectivity index (χ2n) is 7.21. The molecule has 1 saturated heterocycles. The molecule has 2 fully saturated rings. The predicted molar refractivity (Wildman–Crippen MR) is 98.0 cm³/mol. The van der Waals surface area contributed by atoms with Gasteiger partial charge in [-0.1, -0.05) is 6.92 Å². The van der Waals surface area contributed by atoms with Crippen molar-refractivity contribution in [3.63, 3.8) is 0 Å². The Hall–Kier alpha value is -2.08. The molecule has 1 atom stereocenters. The minimum absolute atomic E-state index is 0.109. The maximum absolute atomic E-state index is 12.1. The Kier molecular flexibility index (Phi) is 6.14. The van der Waals surface area contributed by atoms with E-state index in [4.69, 9.17) is 4.74 Å². The predicted octanol–water partition coefficient (Wildman–Crippen LogP) is 1.97. The van der Waals surface area contributed by atoms with Crippen LogP contribution < -0.4 is 10.1 Å². The maximum atomic E-state index is 12.1. The Morgan fingerprint density at radius 3 is 2.42 bits per heavy atom. The van der Waals surface area contributed by atoms with Gasteiger partial charge in [0.2, 0.25) is 5.91 Å². The normalized spacial score (nSPS) is 19.1. The van der Waals surface area contributed by atoms with Gasteiger partial charge in [-0.2, -0.15) is 0 Å². The lowest BCUT2D eigenvalue weighted by Crippen LogP contribution is -2.42. The first kappa shape index (κ1) is 18.7. The summed E-state index contributed by atoms with van der Waals surface area (Å²) in [5, 5.41) is 12.2. The van der Waals surface area contributed by atoms with E-state index in [2.05, 4.69) is 5.32 Å². The van der Waals surface area contributed by atoms with Crippen molar-refractivity contribution in [1.82, 2.24) is 10.2 Å². The Morgan fingerprint density at radius 2 is 1.85 bits per heavy atom. The number of aliphatic hydroxyl groups excluding tert-OH is 1. The molecule has 6 heteroatoms. The van der Waals surface area contributed by atoms with Gasteiger partial charge in [-0.3, -0.25) is 9.59 Å². The zero-order chi connectivity index (χ0) is 18.5. The van der Waals surface area contributed by atoms with Gasteiger partial charge in [0, 0.05) is 44.0 Å². The molecule has 142 valence electrons. The first-order chi connectivity index (χ1) is 12.6. The fraction of sp³-hybridized carbons (Fsp3) is 0.600. The molecular formula is C20H28N2O4. The average molecular weight is 360 g/mol. The minimum atomic E-state index is -0.515. The molecule has 6 nitrogen and oxygen atoms in total. The summed E-state index contributed by atoms with van der Waals surface area (Å²) in [6, 6.07) is 7.06. The van der Waals surface area contributed by atoms with Gasteiger partial charge >= 0.3 is 0 Å². The fourth-order valence-corrected chi connectivity index (χ4v) is 3.12. The number of nitrogens with one attached hydrogen (secondary N) is 1. The Bertz CT molecular complexity index is 619. The molecule has 0 spiro atoms. The summed E-state index contributed by atoms with van der Waals surface area (Å²) < 4.78 is 6.00. The highest BCUT2D eigenvalue weighted by Gasteiger charge is 2.35. The van der Waals surface area contributed by atoms with Gasteiger partial charge < -0.3 is 20.1 Å². The number of rotatable bonds is 7. The Labute approximate surface area is 154 Å². The van der Waals surface area contributed by atoms with Crippen molar-refractivity contribution >= 4 is 11.8 Å². The van der Waals surface area contributed by atoms with E-state index in [0.717, 1.165) is 44.5 Å². The van der Waals surface area contributed by atoms with Crippen LogP contribution in [0, 0.1) is 5.92 Å². The number of piperidine rings is 1. The molecule has 0 aromatic heterocycles. The largest absolute Gasteiger partial charge is 0.490 e. The standard InChI is InChI=1S/C20H28N2O4/c1-2-16(23)13-21-19(24)14-5-7-17(8-6-14)26-18-9-11-22(12-10-18)20(25)15-3-4-15/h5-8,15-16,18,23H,2-4,9-13H2,1H3,(H,21,24). The van der Waals surface area contributed by atoms with Crippen LogP contribution >= 0.6 is 0 Å². The van der Waals surface area contributed by atoms with Crippen molar-refractivity contribution < 1.29 is 19.4 Å². The molecule has 1 heterocycles. The number of benzene rings is 1. The van der Waals surface area contributed by atoms with E-state index in [9.17, 15) is 14.7 Å². The van der Waals surface area contributed by atoms with Crippen LogP contribution in [-0.4, -0.2) is 53.7 Å². The van der Waals surface area contributed by atoms with Crippen LogP contribution in [0.1, 0.15) is 49.4 Å². The Balaban J connectivity index is 1.44. The van der Waals surface area contributed by atoms with Crippen molar-refractivity contribution in [1.29, 1.82) is 0 Å². The molecule has 1 aliphatic heterocycles. The maximum Gasteiger partial charge on any atom is 0.251 e. The van der Waals surface area contributed by atoms with E-state index in [1.807, 2.05) is 11.8 Å². The Morgan fingerprint density at radius 1 is 1.19 bits per heavy atom. The lowest BCUT2D eigenvalue weighted by molar-refractivity contribution is -0.134. The number of amides is 2. The highest BCUT2D eigenvalue weighted by Crippen LogP contribution is 2.32. The molecule has 2 amide bonds. The van der Waals surface area contributed by atoms with Crippen molar-refractivity contribution in [2.45, 2.75) is 51.2 Å². The monoisotopic (exact) mass is 360 g/mol. The van der Waals surface area contributed by atoms with Gasteiger partial charge in [-0.25, -0.2) is 0 Å². The first-order valence-corrected chi connectivity index (χ1v) is 9.58. The number of aliphatic hydroxyl groups is 1. The summed E-state index contributed by atoms with van der Waals surface area (Å²) in [7, 11) is 0. The van der Waals surface area contributed by atoms with Gasteiger partial charge in [-0.15, -0.1) is 0 Å².